The molecule has 0 saturated heterocycles. The van der Waals surface area contributed by atoms with E-state index in [1.165, 1.54) is 4.68 Å². The number of nitrogens with zero attached hydrogens (tertiary/aromatic N) is 2. The van der Waals surface area contributed by atoms with E-state index in [2.05, 4.69) is 0 Å². The molecule has 0 N–H and O–H groups in total. The molecule has 1 aromatic heterocycles. The molecule has 0 saturated carbocycles. The van der Waals surface area contributed by atoms with Crippen LogP contribution in [0.1, 0.15) is 20.7 Å². The highest BCUT2D eigenvalue weighted by molar-refractivity contribution is 6.29. The first-order chi connectivity index (χ1) is 8.29. The van der Waals surface area contributed by atoms with Crippen molar-refractivity contribution in [2.45, 2.75) is 0 Å². The van der Waals surface area contributed by atoms with Crippen molar-refractivity contribution in [3.63, 3.8) is 0 Å². The molecule has 1 aliphatic rings. The zero-order valence-corrected chi connectivity index (χ0v) is 8.91. The number of aromatic nitrogens is 1. The van der Waals surface area contributed by atoms with Crippen molar-refractivity contribution in [2.24, 2.45) is 0 Å². The fourth-order valence-electron chi connectivity index (χ4n) is 1.91. The highest BCUT2D eigenvalue weighted by atomic mass is 16.2. The van der Waals surface area contributed by atoms with Gasteiger partial charge in [-0.05, 0) is 17.1 Å². The summed E-state index contributed by atoms with van der Waals surface area (Å²) in [7, 11) is 0. The van der Waals surface area contributed by atoms with Crippen molar-refractivity contribution in [1.82, 2.24) is 0 Å². The molecule has 0 bridgehead atoms. The largest absolute Gasteiger partial charge is 0.319 e. The lowest BCUT2D eigenvalue weighted by Gasteiger charge is -2.04. The Morgan fingerprint density at radius 1 is 0.765 bits per heavy atom. The molecule has 0 fully saturated rings. The smallest absolute Gasteiger partial charge is 0.263 e. The molecule has 3 rings (SSSR count). The lowest BCUT2D eigenvalue weighted by molar-refractivity contribution is -0.671. The number of carbonyl (C=O) groups excluding carboxylic acids is 2. The van der Waals surface area contributed by atoms with Gasteiger partial charge in [-0.3, -0.25) is 9.59 Å². The van der Waals surface area contributed by atoms with Gasteiger partial charge in [0, 0.05) is 12.1 Å². The zero-order valence-electron chi connectivity index (χ0n) is 8.91. The molecule has 1 aromatic carbocycles. The predicted octanol–water partition coefficient (Wildman–Crippen LogP) is 0.906. The van der Waals surface area contributed by atoms with Gasteiger partial charge in [0.25, 0.3) is 0 Å². The average Bonchev–Trinajstić information content (AvgIpc) is 2.64. The second-order valence-corrected chi connectivity index (χ2v) is 3.72. The number of carbonyl (C=O) groups is 2. The van der Waals surface area contributed by atoms with E-state index in [1.807, 2.05) is 6.07 Å². The van der Waals surface area contributed by atoms with Gasteiger partial charge in [0.15, 0.2) is 0 Å². The molecule has 4 nitrogen and oxygen atoms in total. The van der Waals surface area contributed by atoms with Gasteiger partial charge in [-0.15, -0.1) is 0 Å². The van der Waals surface area contributed by atoms with Crippen LogP contribution in [0, 0.1) is 0 Å². The van der Waals surface area contributed by atoms with E-state index in [0.29, 0.717) is 11.1 Å². The summed E-state index contributed by atoms with van der Waals surface area (Å²) < 4.78 is 1.49. The van der Waals surface area contributed by atoms with Crippen LogP contribution < -0.4 is 9.69 Å². The van der Waals surface area contributed by atoms with E-state index in [1.54, 1.807) is 48.8 Å². The Kier molecular flexibility index (Phi) is 2.01. The normalized spacial score (nSPS) is 14.0. The van der Waals surface area contributed by atoms with Crippen LogP contribution in [0.5, 0.6) is 0 Å². The minimum absolute atomic E-state index is 0.290. The zero-order chi connectivity index (χ0) is 11.8. The molecule has 0 radical (unpaired) electrons. The van der Waals surface area contributed by atoms with Gasteiger partial charge in [0.2, 0.25) is 12.4 Å². The third kappa shape index (κ3) is 1.34. The standard InChI is InChI=1S/C13H9N2O2/c16-12-10-6-2-3-7-11(10)13(17)15(12)14-8-4-1-5-9-14/h1-9H/q+1. The van der Waals surface area contributed by atoms with E-state index < -0.39 is 0 Å². The first kappa shape index (κ1) is 9.72. The lowest BCUT2D eigenvalue weighted by atomic mass is 10.1. The molecule has 0 spiro atoms. The number of amides is 2. The van der Waals surface area contributed by atoms with Crippen LogP contribution in [-0.4, -0.2) is 11.8 Å². The van der Waals surface area contributed by atoms with Crippen LogP contribution >= 0.6 is 0 Å². The van der Waals surface area contributed by atoms with E-state index in [4.69, 9.17) is 0 Å². The predicted molar refractivity (Wildman–Crippen MR) is 60.0 cm³/mol. The van der Waals surface area contributed by atoms with E-state index >= 15 is 0 Å². The highest BCUT2D eigenvalue weighted by Gasteiger charge is 2.41. The molecule has 4 heteroatoms. The van der Waals surface area contributed by atoms with Crippen LogP contribution in [0.25, 0.3) is 0 Å². The van der Waals surface area contributed by atoms with Crippen LogP contribution in [-0.2, 0) is 0 Å². The molecule has 2 heterocycles. The summed E-state index contributed by atoms with van der Waals surface area (Å²) in [4.78, 5) is 24.2. The SMILES string of the molecule is O=C1c2ccccc2C(=O)N1[n+]1ccccc1. The third-order valence-corrected chi connectivity index (χ3v) is 2.70. The molecule has 2 amide bonds. The summed E-state index contributed by atoms with van der Waals surface area (Å²) in [5.74, 6) is -0.580. The molecular formula is C13H9N2O2+. The second kappa shape index (κ2) is 3.52. The lowest BCUT2D eigenvalue weighted by Crippen LogP contribution is -2.60. The van der Waals surface area contributed by atoms with E-state index in [0.717, 1.165) is 5.01 Å². The number of hydrogen-bond donors (Lipinski definition) is 0. The number of imide groups is 1. The van der Waals surface area contributed by atoms with Crippen LogP contribution in [0.4, 0.5) is 0 Å². The number of hydrogen-bond acceptors (Lipinski definition) is 2. The molecule has 0 unspecified atom stereocenters. The van der Waals surface area contributed by atoms with Gasteiger partial charge in [-0.25, -0.2) is 0 Å². The van der Waals surface area contributed by atoms with E-state index in [-0.39, 0.29) is 11.8 Å². The maximum absolute atomic E-state index is 12.1. The highest BCUT2D eigenvalue weighted by Crippen LogP contribution is 2.18. The topological polar surface area (TPSA) is 41.3 Å². The molecular weight excluding hydrogens is 216 g/mol. The van der Waals surface area contributed by atoms with Crippen molar-refractivity contribution < 1.29 is 14.3 Å². The molecule has 17 heavy (non-hydrogen) atoms. The third-order valence-electron chi connectivity index (χ3n) is 2.70. The van der Waals surface area contributed by atoms with Crippen LogP contribution in [0.3, 0.4) is 0 Å². The fourth-order valence-corrected chi connectivity index (χ4v) is 1.91. The van der Waals surface area contributed by atoms with Gasteiger partial charge in [0.1, 0.15) is 0 Å². The number of rotatable bonds is 1. The fraction of sp³-hybridized carbons (Fsp3) is 0. The summed E-state index contributed by atoms with van der Waals surface area (Å²) in [5.41, 5.74) is 0.905. The Morgan fingerprint density at radius 2 is 1.29 bits per heavy atom. The number of pyridine rings is 1. The summed E-state index contributed by atoms with van der Waals surface area (Å²) >= 11 is 0. The molecule has 82 valence electrons. The quantitative estimate of drug-likeness (QED) is 0.534. The van der Waals surface area contributed by atoms with Gasteiger partial charge in [0.05, 0.1) is 11.1 Å². The Hall–Kier alpha value is -2.49. The van der Waals surface area contributed by atoms with Gasteiger partial charge in [-0.1, -0.05) is 22.9 Å². The molecule has 0 atom stereocenters. The Morgan fingerprint density at radius 3 is 1.82 bits per heavy atom. The monoisotopic (exact) mass is 225 g/mol. The minimum atomic E-state index is -0.290. The molecule has 1 aliphatic heterocycles. The molecule has 0 aliphatic carbocycles. The van der Waals surface area contributed by atoms with Crippen molar-refractivity contribution in [1.29, 1.82) is 0 Å². The van der Waals surface area contributed by atoms with Gasteiger partial charge in [-0.2, -0.15) is 0 Å². The molecule has 2 aromatic rings. The number of fused-ring (bicyclic) bond motifs is 1. The van der Waals surface area contributed by atoms with Crippen LogP contribution in [0.2, 0.25) is 0 Å². The first-order valence-corrected chi connectivity index (χ1v) is 5.23. The Labute approximate surface area is 97.7 Å². The first-order valence-electron chi connectivity index (χ1n) is 5.23. The maximum atomic E-state index is 12.1. The summed E-state index contributed by atoms with van der Waals surface area (Å²) in [6.45, 7) is 0. The van der Waals surface area contributed by atoms with Gasteiger partial charge >= 0.3 is 11.8 Å². The van der Waals surface area contributed by atoms with Crippen molar-refractivity contribution in [3.05, 3.63) is 66.0 Å². The number of benzene rings is 1. The van der Waals surface area contributed by atoms with Crippen LogP contribution in [0.15, 0.2) is 54.9 Å². The minimum Gasteiger partial charge on any atom is -0.263 e. The van der Waals surface area contributed by atoms with E-state index in [9.17, 15) is 9.59 Å². The summed E-state index contributed by atoms with van der Waals surface area (Å²) in [6, 6.07) is 12.2. The summed E-state index contributed by atoms with van der Waals surface area (Å²) in [5, 5.41) is 1.13. The van der Waals surface area contributed by atoms with Gasteiger partial charge < -0.3 is 0 Å². The Balaban J connectivity index is 2.13. The average molecular weight is 225 g/mol. The van der Waals surface area contributed by atoms with Crippen molar-refractivity contribution in [2.75, 3.05) is 5.01 Å². The van der Waals surface area contributed by atoms with Crippen molar-refractivity contribution in [3.8, 4) is 0 Å². The van der Waals surface area contributed by atoms with Crippen molar-refractivity contribution >= 4 is 11.8 Å². The Bertz CT molecular complexity index is 573. The summed E-state index contributed by atoms with van der Waals surface area (Å²) in [6.07, 6.45) is 3.34. The second-order valence-electron chi connectivity index (χ2n) is 3.72. The maximum Gasteiger partial charge on any atom is 0.319 e.